The molecule has 0 saturated heterocycles. The third-order valence-corrected chi connectivity index (χ3v) is 6.35. The second-order valence-corrected chi connectivity index (χ2v) is 8.87. The van der Waals surface area contributed by atoms with E-state index in [1.54, 1.807) is 0 Å². The zero-order chi connectivity index (χ0) is 19.2. The van der Waals surface area contributed by atoms with Gasteiger partial charge in [-0.3, -0.25) is 4.79 Å². The second kappa shape index (κ2) is 6.70. The predicted molar refractivity (Wildman–Crippen MR) is 112 cm³/mol. The van der Waals surface area contributed by atoms with Crippen LogP contribution in [0.5, 0.6) is 0 Å². The first-order valence-corrected chi connectivity index (χ1v) is 10.1. The van der Waals surface area contributed by atoms with E-state index in [2.05, 4.69) is 68.2 Å². The van der Waals surface area contributed by atoms with Crippen molar-refractivity contribution < 1.29 is 4.79 Å². The van der Waals surface area contributed by atoms with Crippen molar-refractivity contribution in [2.75, 3.05) is 16.8 Å². The van der Waals surface area contributed by atoms with Gasteiger partial charge in [-0.1, -0.05) is 30.7 Å². The van der Waals surface area contributed by atoms with Crippen LogP contribution in [0.4, 0.5) is 11.4 Å². The molecule has 1 heterocycles. The molecule has 2 aromatic rings. The summed E-state index contributed by atoms with van der Waals surface area (Å²) in [6, 6.07) is 11.1. The molecule has 2 aromatic carbocycles. The first kappa shape index (κ1) is 18.1. The summed E-state index contributed by atoms with van der Waals surface area (Å²) in [6.45, 7) is 10.6. The van der Waals surface area contributed by atoms with Crippen molar-refractivity contribution >= 4 is 17.3 Å². The Hall–Kier alpha value is -2.29. The van der Waals surface area contributed by atoms with Crippen molar-refractivity contribution in [3.05, 3.63) is 58.1 Å². The van der Waals surface area contributed by atoms with Gasteiger partial charge in [0.2, 0.25) is 5.91 Å². The minimum atomic E-state index is 0.165. The normalized spacial score (nSPS) is 17.4. The first-order valence-electron chi connectivity index (χ1n) is 10.1. The van der Waals surface area contributed by atoms with Gasteiger partial charge < -0.3 is 10.2 Å². The number of aryl methyl sites for hydroxylation is 2. The molecule has 1 fully saturated rings. The molecular weight excluding hydrogens is 332 g/mol. The van der Waals surface area contributed by atoms with Gasteiger partial charge >= 0.3 is 0 Å². The molecule has 2 aliphatic rings. The molecule has 3 heteroatoms. The van der Waals surface area contributed by atoms with Gasteiger partial charge in [-0.25, -0.2) is 0 Å². The van der Waals surface area contributed by atoms with E-state index in [9.17, 15) is 4.79 Å². The molecule has 0 radical (unpaired) electrons. The molecule has 27 heavy (non-hydrogen) atoms. The highest BCUT2D eigenvalue weighted by molar-refractivity contribution is 5.93. The number of rotatable bonds is 4. The minimum Gasteiger partial charge on any atom is -0.367 e. The fourth-order valence-corrected chi connectivity index (χ4v) is 4.26. The van der Waals surface area contributed by atoms with Gasteiger partial charge in [0.1, 0.15) is 0 Å². The third-order valence-electron chi connectivity index (χ3n) is 6.35. The average molecular weight is 363 g/mol. The van der Waals surface area contributed by atoms with Crippen LogP contribution in [-0.2, 0) is 17.8 Å². The average Bonchev–Trinajstić information content (AvgIpc) is 3.35. The van der Waals surface area contributed by atoms with E-state index < -0.39 is 0 Å². The van der Waals surface area contributed by atoms with E-state index >= 15 is 0 Å². The van der Waals surface area contributed by atoms with Gasteiger partial charge in [-0.2, -0.15) is 0 Å². The maximum atomic E-state index is 12.5. The number of amides is 1. The van der Waals surface area contributed by atoms with Crippen LogP contribution in [0, 0.1) is 26.2 Å². The van der Waals surface area contributed by atoms with Crippen molar-refractivity contribution in [3.8, 4) is 0 Å². The van der Waals surface area contributed by atoms with Crippen LogP contribution in [0.3, 0.4) is 0 Å². The Labute approximate surface area is 162 Å². The SMILES string of the molecule is Cc1ccc(N2CCc3c(cc(C)c(NC(=O)CC4(C)CC4)c3C)C2)cc1. The van der Waals surface area contributed by atoms with Crippen LogP contribution in [-0.4, -0.2) is 12.5 Å². The van der Waals surface area contributed by atoms with Crippen LogP contribution in [0.15, 0.2) is 30.3 Å². The Morgan fingerprint density at radius 2 is 1.85 bits per heavy atom. The molecule has 0 unspecified atom stereocenters. The van der Waals surface area contributed by atoms with Gasteiger partial charge in [0.15, 0.2) is 0 Å². The Balaban J connectivity index is 1.55. The number of fused-ring (bicyclic) bond motifs is 1. The summed E-state index contributed by atoms with van der Waals surface area (Å²) in [5.74, 6) is 0.165. The monoisotopic (exact) mass is 362 g/mol. The molecule has 4 rings (SSSR count). The molecule has 0 bridgehead atoms. The maximum absolute atomic E-state index is 12.5. The summed E-state index contributed by atoms with van der Waals surface area (Å²) in [5.41, 5.74) is 9.09. The lowest BCUT2D eigenvalue weighted by atomic mass is 9.91. The summed E-state index contributed by atoms with van der Waals surface area (Å²) >= 11 is 0. The van der Waals surface area contributed by atoms with Crippen LogP contribution in [0.25, 0.3) is 0 Å². The highest BCUT2D eigenvalue weighted by Crippen LogP contribution is 2.48. The van der Waals surface area contributed by atoms with E-state index in [-0.39, 0.29) is 11.3 Å². The van der Waals surface area contributed by atoms with E-state index in [0.717, 1.165) is 25.2 Å². The van der Waals surface area contributed by atoms with E-state index in [4.69, 9.17) is 0 Å². The number of nitrogens with one attached hydrogen (secondary N) is 1. The number of anilines is 2. The van der Waals surface area contributed by atoms with E-state index in [1.807, 2.05) is 0 Å². The smallest absolute Gasteiger partial charge is 0.224 e. The van der Waals surface area contributed by atoms with E-state index in [0.29, 0.717) is 6.42 Å². The van der Waals surface area contributed by atoms with Crippen LogP contribution >= 0.6 is 0 Å². The lowest BCUT2D eigenvalue weighted by Gasteiger charge is -2.33. The number of carbonyl (C=O) groups excluding carboxylic acids is 1. The highest BCUT2D eigenvalue weighted by Gasteiger charge is 2.39. The second-order valence-electron chi connectivity index (χ2n) is 8.87. The zero-order valence-electron chi connectivity index (χ0n) is 17.0. The van der Waals surface area contributed by atoms with Crippen molar-refractivity contribution in [2.24, 2.45) is 5.41 Å². The van der Waals surface area contributed by atoms with Crippen molar-refractivity contribution in [2.45, 2.75) is 59.9 Å². The lowest BCUT2D eigenvalue weighted by molar-refractivity contribution is -0.117. The van der Waals surface area contributed by atoms with Crippen molar-refractivity contribution in [1.29, 1.82) is 0 Å². The Kier molecular flexibility index (Phi) is 4.49. The molecule has 1 saturated carbocycles. The summed E-state index contributed by atoms with van der Waals surface area (Å²) < 4.78 is 0. The first-order chi connectivity index (χ1) is 12.8. The van der Waals surface area contributed by atoms with Gasteiger partial charge in [-0.15, -0.1) is 0 Å². The molecule has 0 spiro atoms. The van der Waals surface area contributed by atoms with Gasteiger partial charge in [0, 0.05) is 30.9 Å². The Morgan fingerprint density at radius 3 is 2.52 bits per heavy atom. The zero-order valence-corrected chi connectivity index (χ0v) is 17.0. The lowest BCUT2D eigenvalue weighted by Crippen LogP contribution is -2.31. The Morgan fingerprint density at radius 1 is 1.15 bits per heavy atom. The maximum Gasteiger partial charge on any atom is 0.224 e. The van der Waals surface area contributed by atoms with Crippen LogP contribution < -0.4 is 10.2 Å². The molecule has 1 aliphatic carbocycles. The summed E-state index contributed by atoms with van der Waals surface area (Å²) in [5, 5.41) is 3.22. The number of nitrogens with zero attached hydrogens (tertiary/aromatic N) is 1. The molecule has 1 N–H and O–H groups in total. The number of hydrogen-bond acceptors (Lipinski definition) is 2. The van der Waals surface area contributed by atoms with Gasteiger partial charge in [0.05, 0.1) is 0 Å². The Bertz CT molecular complexity index is 878. The molecular formula is C24H30N2O. The molecule has 142 valence electrons. The molecule has 1 aliphatic heterocycles. The summed E-state index contributed by atoms with van der Waals surface area (Å²) in [6.07, 6.45) is 4.02. The predicted octanol–water partition coefficient (Wildman–Crippen LogP) is 5.30. The van der Waals surface area contributed by atoms with Gasteiger partial charge in [-0.05, 0) is 79.8 Å². The minimum absolute atomic E-state index is 0.165. The molecule has 0 atom stereocenters. The molecule has 1 amide bonds. The highest BCUT2D eigenvalue weighted by atomic mass is 16.1. The van der Waals surface area contributed by atoms with Gasteiger partial charge in [0.25, 0.3) is 0 Å². The van der Waals surface area contributed by atoms with Crippen LogP contribution in [0.2, 0.25) is 0 Å². The standard InChI is InChI=1S/C24H30N2O/c1-16-5-7-20(8-6-16)26-12-9-21-18(3)23(17(2)13-19(21)15-26)25-22(27)14-24(4)10-11-24/h5-8,13H,9-12,14-15H2,1-4H3,(H,25,27). The third kappa shape index (κ3) is 3.73. The molecule has 3 nitrogen and oxygen atoms in total. The van der Waals surface area contributed by atoms with Crippen molar-refractivity contribution in [1.82, 2.24) is 0 Å². The topological polar surface area (TPSA) is 32.3 Å². The van der Waals surface area contributed by atoms with Crippen molar-refractivity contribution in [3.63, 3.8) is 0 Å². The molecule has 0 aromatic heterocycles. The van der Waals surface area contributed by atoms with Crippen LogP contribution in [0.1, 0.15) is 54.0 Å². The summed E-state index contributed by atoms with van der Waals surface area (Å²) in [4.78, 5) is 14.9. The fourth-order valence-electron chi connectivity index (χ4n) is 4.26. The summed E-state index contributed by atoms with van der Waals surface area (Å²) in [7, 11) is 0. The fraction of sp³-hybridized carbons (Fsp3) is 0.458. The van der Waals surface area contributed by atoms with E-state index in [1.165, 1.54) is 46.3 Å². The largest absolute Gasteiger partial charge is 0.367 e. The quantitative estimate of drug-likeness (QED) is 0.800. The number of hydrogen-bond donors (Lipinski definition) is 1. The number of carbonyl (C=O) groups is 1. The number of benzene rings is 2.